The van der Waals surface area contributed by atoms with E-state index in [1.165, 1.54) is 0 Å². The topological polar surface area (TPSA) is 40.5 Å². The van der Waals surface area contributed by atoms with Crippen LogP contribution in [0.2, 0.25) is 0 Å². The van der Waals surface area contributed by atoms with Crippen LogP contribution in [0.25, 0.3) is 0 Å². The average Bonchev–Trinajstić information content (AvgIpc) is 2.30. The molecule has 0 aliphatic carbocycles. The van der Waals surface area contributed by atoms with Gasteiger partial charge in [0.15, 0.2) is 0 Å². The third-order valence-electron chi connectivity index (χ3n) is 2.74. The largest absolute Gasteiger partial charge is 0.392 e. The minimum absolute atomic E-state index is 0.0439. The van der Waals surface area contributed by atoms with E-state index in [2.05, 4.69) is 20.8 Å². The molecule has 0 amide bonds. The highest BCUT2D eigenvalue weighted by Crippen LogP contribution is 2.26. The van der Waals surface area contributed by atoms with Gasteiger partial charge in [-0.05, 0) is 12.1 Å². The van der Waals surface area contributed by atoms with Crippen LogP contribution in [0.5, 0.6) is 0 Å². The zero-order valence-corrected chi connectivity index (χ0v) is 11.3. The van der Waals surface area contributed by atoms with E-state index < -0.39 is 10.8 Å². The van der Waals surface area contributed by atoms with Crippen molar-refractivity contribution in [2.45, 2.75) is 6.61 Å². The van der Waals surface area contributed by atoms with Crippen LogP contribution in [0, 0.1) is 0 Å². The van der Waals surface area contributed by atoms with Gasteiger partial charge < -0.3 is 10.0 Å². The SMILES string of the molecule is O=S1CCN(c2cc(Br)ccc2CO)CC1. The highest BCUT2D eigenvalue weighted by Gasteiger charge is 2.17. The highest BCUT2D eigenvalue weighted by molar-refractivity contribution is 9.10. The Morgan fingerprint density at radius 1 is 1.38 bits per heavy atom. The van der Waals surface area contributed by atoms with Gasteiger partial charge in [0.25, 0.3) is 0 Å². The third kappa shape index (κ3) is 2.64. The van der Waals surface area contributed by atoms with Crippen LogP contribution >= 0.6 is 15.9 Å². The van der Waals surface area contributed by atoms with Crippen molar-refractivity contribution in [3.63, 3.8) is 0 Å². The second kappa shape index (κ2) is 5.29. The number of aliphatic hydroxyl groups excluding tert-OH is 1. The van der Waals surface area contributed by atoms with E-state index >= 15 is 0 Å². The fraction of sp³-hybridized carbons (Fsp3) is 0.455. The van der Waals surface area contributed by atoms with Gasteiger partial charge >= 0.3 is 0 Å². The summed E-state index contributed by atoms with van der Waals surface area (Å²) in [6, 6.07) is 5.86. The second-order valence-electron chi connectivity index (χ2n) is 3.77. The molecule has 1 N–H and O–H groups in total. The number of hydrogen-bond acceptors (Lipinski definition) is 3. The van der Waals surface area contributed by atoms with E-state index in [9.17, 15) is 9.32 Å². The fourth-order valence-corrected chi connectivity index (χ4v) is 3.25. The van der Waals surface area contributed by atoms with E-state index in [0.29, 0.717) is 0 Å². The number of benzene rings is 1. The number of aliphatic hydroxyl groups is 1. The lowest BCUT2D eigenvalue weighted by molar-refractivity contribution is 0.282. The predicted octanol–water partition coefficient (Wildman–Crippen LogP) is 1.51. The molecule has 2 rings (SSSR count). The van der Waals surface area contributed by atoms with E-state index in [-0.39, 0.29) is 6.61 Å². The Kier molecular flexibility index (Phi) is 4.00. The van der Waals surface area contributed by atoms with Crippen molar-refractivity contribution in [2.75, 3.05) is 29.5 Å². The van der Waals surface area contributed by atoms with Crippen LogP contribution in [0.1, 0.15) is 5.56 Å². The molecule has 0 unspecified atom stereocenters. The lowest BCUT2D eigenvalue weighted by Gasteiger charge is -2.30. The van der Waals surface area contributed by atoms with Gasteiger partial charge in [0.2, 0.25) is 0 Å². The first kappa shape index (κ1) is 12.1. The van der Waals surface area contributed by atoms with Gasteiger partial charge in [-0.25, -0.2) is 0 Å². The summed E-state index contributed by atoms with van der Waals surface area (Å²) < 4.78 is 12.3. The summed E-state index contributed by atoms with van der Waals surface area (Å²) in [4.78, 5) is 2.19. The Hall–Kier alpha value is -0.390. The van der Waals surface area contributed by atoms with Crippen molar-refractivity contribution in [2.24, 2.45) is 0 Å². The molecule has 5 heteroatoms. The third-order valence-corrected chi connectivity index (χ3v) is 4.51. The molecule has 1 saturated heterocycles. The minimum atomic E-state index is -0.664. The molecule has 0 aromatic heterocycles. The zero-order chi connectivity index (χ0) is 11.5. The Bertz CT molecular complexity index is 401. The molecule has 0 spiro atoms. The van der Waals surface area contributed by atoms with Crippen LogP contribution < -0.4 is 4.90 Å². The van der Waals surface area contributed by atoms with E-state index in [1.807, 2.05) is 18.2 Å². The van der Waals surface area contributed by atoms with Gasteiger partial charge in [-0.1, -0.05) is 22.0 Å². The van der Waals surface area contributed by atoms with Crippen molar-refractivity contribution in [3.05, 3.63) is 28.2 Å². The Labute approximate surface area is 106 Å². The lowest BCUT2D eigenvalue weighted by atomic mass is 10.1. The normalized spacial score (nSPS) is 17.8. The van der Waals surface area contributed by atoms with Crippen molar-refractivity contribution >= 4 is 32.4 Å². The molecule has 1 aliphatic heterocycles. The summed E-state index contributed by atoms with van der Waals surface area (Å²) >= 11 is 3.44. The summed E-state index contributed by atoms with van der Waals surface area (Å²) in [7, 11) is -0.664. The Morgan fingerprint density at radius 2 is 2.06 bits per heavy atom. The molecule has 0 radical (unpaired) electrons. The molecule has 1 fully saturated rings. The number of nitrogens with zero attached hydrogens (tertiary/aromatic N) is 1. The van der Waals surface area contributed by atoms with Crippen LogP contribution in [-0.4, -0.2) is 33.9 Å². The standard InChI is InChI=1S/C11H14BrNO2S/c12-10-2-1-9(8-14)11(7-10)13-3-5-16(15)6-4-13/h1-2,7,14H,3-6,8H2. The van der Waals surface area contributed by atoms with Crippen LogP contribution in [0.3, 0.4) is 0 Å². The first-order valence-corrected chi connectivity index (χ1v) is 7.48. The molecule has 3 nitrogen and oxygen atoms in total. The molecule has 16 heavy (non-hydrogen) atoms. The fourth-order valence-electron chi connectivity index (χ4n) is 1.84. The molecular formula is C11H14BrNO2S. The van der Waals surface area contributed by atoms with Gasteiger partial charge in [-0.2, -0.15) is 0 Å². The minimum Gasteiger partial charge on any atom is -0.392 e. The second-order valence-corrected chi connectivity index (χ2v) is 6.38. The molecule has 0 atom stereocenters. The molecule has 1 heterocycles. The molecule has 88 valence electrons. The lowest BCUT2D eigenvalue weighted by Crippen LogP contribution is -2.38. The van der Waals surface area contributed by atoms with Gasteiger partial charge in [0, 0.05) is 51.1 Å². The van der Waals surface area contributed by atoms with Gasteiger partial charge in [-0.15, -0.1) is 0 Å². The summed E-state index contributed by atoms with van der Waals surface area (Å²) in [5.74, 6) is 1.44. The highest BCUT2D eigenvalue weighted by atomic mass is 79.9. The monoisotopic (exact) mass is 303 g/mol. The molecule has 0 bridgehead atoms. The van der Waals surface area contributed by atoms with Crippen LogP contribution in [0.15, 0.2) is 22.7 Å². The Morgan fingerprint density at radius 3 is 2.69 bits per heavy atom. The van der Waals surface area contributed by atoms with Gasteiger partial charge in [0.05, 0.1) is 6.61 Å². The molecule has 1 aromatic rings. The summed E-state index contributed by atoms with van der Waals surface area (Å²) in [5, 5.41) is 9.29. The van der Waals surface area contributed by atoms with Gasteiger partial charge in [-0.3, -0.25) is 4.21 Å². The summed E-state index contributed by atoms with van der Waals surface area (Å²) in [6.07, 6.45) is 0. The number of halogens is 1. The maximum absolute atomic E-state index is 11.3. The number of rotatable bonds is 2. The first-order valence-electron chi connectivity index (χ1n) is 5.20. The smallest absolute Gasteiger partial charge is 0.0702 e. The van der Waals surface area contributed by atoms with E-state index in [0.717, 1.165) is 40.3 Å². The molecular weight excluding hydrogens is 290 g/mol. The molecule has 1 aliphatic rings. The zero-order valence-electron chi connectivity index (χ0n) is 8.86. The van der Waals surface area contributed by atoms with E-state index in [1.54, 1.807) is 0 Å². The number of hydrogen-bond donors (Lipinski definition) is 1. The van der Waals surface area contributed by atoms with Crippen molar-refractivity contribution in [1.82, 2.24) is 0 Å². The average molecular weight is 304 g/mol. The Balaban J connectivity index is 2.24. The van der Waals surface area contributed by atoms with E-state index in [4.69, 9.17) is 0 Å². The predicted molar refractivity (Wildman–Crippen MR) is 70.2 cm³/mol. The summed E-state index contributed by atoms with van der Waals surface area (Å²) in [5.41, 5.74) is 1.98. The number of anilines is 1. The van der Waals surface area contributed by atoms with Crippen LogP contribution in [0.4, 0.5) is 5.69 Å². The van der Waals surface area contributed by atoms with Crippen LogP contribution in [-0.2, 0) is 17.4 Å². The van der Waals surface area contributed by atoms with Crippen molar-refractivity contribution in [3.8, 4) is 0 Å². The summed E-state index contributed by atoms with van der Waals surface area (Å²) in [6.45, 7) is 1.65. The van der Waals surface area contributed by atoms with Crippen molar-refractivity contribution in [1.29, 1.82) is 0 Å². The molecule has 0 saturated carbocycles. The molecule has 1 aromatic carbocycles. The first-order chi connectivity index (χ1) is 7.70. The maximum atomic E-state index is 11.3. The maximum Gasteiger partial charge on any atom is 0.0702 e. The van der Waals surface area contributed by atoms with Gasteiger partial charge in [0.1, 0.15) is 0 Å². The van der Waals surface area contributed by atoms with Crippen molar-refractivity contribution < 1.29 is 9.32 Å². The quantitative estimate of drug-likeness (QED) is 0.900.